The van der Waals surface area contributed by atoms with Crippen LogP contribution in [0.25, 0.3) is 0 Å². The summed E-state index contributed by atoms with van der Waals surface area (Å²) in [5.41, 5.74) is -2.56. The maximum absolute atomic E-state index is 9.79. The second-order valence-corrected chi connectivity index (χ2v) is 6.64. The average Bonchev–Trinajstić information content (AvgIpc) is 2.77. The van der Waals surface area contributed by atoms with Gasteiger partial charge in [-0.3, -0.25) is 0 Å². The van der Waals surface area contributed by atoms with Crippen LogP contribution < -0.4 is 10.0 Å². The molecule has 0 fully saturated rings. The van der Waals surface area contributed by atoms with Gasteiger partial charge in [0.25, 0.3) is 0 Å². The van der Waals surface area contributed by atoms with Crippen LogP contribution in [0, 0.1) is 34.0 Å². The number of hydrogen-bond acceptors (Lipinski definition) is 6. The molecule has 0 rings (SSSR count). The van der Waals surface area contributed by atoms with Crippen molar-refractivity contribution in [3.05, 3.63) is 0 Å². The summed E-state index contributed by atoms with van der Waals surface area (Å²) in [7, 11) is -2.81. The van der Waals surface area contributed by atoms with Gasteiger partial charge < -0.3 is 23.7 Å². The summed E-state index contributed by atoms with van der Waals surface area (Å²) in [5, 5.41) is 44.0. The van der Waals surface area contributed by atoms with Crippen molar-refractivity contribution in [2.75, 3.05) is 52.4 Å². The Morgan fingerprint density at radius 2 is 0.828 bits per heavy atom. The van der Waals surface area contributed by atoms with Crippen molar-refractivity contribution in [1.29, 1.82) is 15.8 Å². The molecule has 29 heavy (non-hydrogen) atoms. The number of nitrogens with zero attached hydrogens (tertiary/aromatic N) is 5. The fourth-order valence-corrected chi connectivity index (χ4v) is 2.98. The summed E-state index contributed by atoms with van der Waals surface area (Å²) in [4.78, 5) is 0. The standard InChI is InChI=1S/2C8H20N.C4BN3O3/c2*1-5-9(6-2,7-3)8-4;6-1-4(2-7,3-8)11-5(9)10/h2*5-8H2,1-4H3;/q2*+1;-2. The molecule has 0 atom stereocenters. The topological polar surface area (TPSA) is 127 Å². The first-order valence-corrected chi connectivity index (χ1v) is 10.5. The van der Waals surface area contributed by atoms with Crippen LogP contribution in [0.5, 0.6) is 0 Å². The molecule has 0 aromatic carbocycles. The molecule has 0 N–H and O–H groups in total. The minimum atomic E-state index is -2.81. The largest absolute Gasteiger partial charge is 0.871 e. The fraction of sp³-hybridized carbons (Fsp3) is 0.850. The number of rotatable bonds is 10. The molecule has 0 bridgehead atoms. The highest BCUT2D eigenvalue weighted by atomic mass is 16.6. The van der Waals surface area contributed by atoms with E-state index in [4.69, 9.17) is 15.8 Å². The van der Waals surface area contributed by atoms with Gasteiger partial charge in [0.05, 0.1) is 59.7 Å². The third-order valence-electron chi connectivity index (χ3n) is 6.11. The van der Waals surface area contributed by atoms with Gasteiger partial charge in [-0.15, -0.1) is 0 Å². The fourth-order valence-electron chi connectivity index (χ4n) is 2.98. The third-order valence-corrected chi connectivity index (χ3v) is 6.11. The van der Waals surface area contributed by atoms with E-state index in [1.807, 2.05) is 0 Å². The number of hydrogen-bond donors (Lipinski definition) is 0. The first-order chi connectivity index (χ1) is 13.6. The summed E-state index contributed by atoms with van der Waals surface area (Å²) < 4.78 is 6.25. The zero-order valence-corrected chi connectivity index (χ0v) is 19.7. The molecule has 0 spiro atoms. The van der Waals surface area contributed by atoms with Crippen molar-refractivity contribution in [3.63, 3.8) is 0 Å². The molecule has 0 aromatic rings. The van der Waals surface area contributed by atoms with Crippen molar-refractivity contribution in [2.24, 2.45) is 0 Å². The van der Waals surface area contributed by atoms with Crippen molar-refractivity contribution >= 4 is 7.32 Å². The van der Waals surface area contributed by atoms with E-state index < -0.39 is 12.9 Å². The van der Waals surface area contributed by atoms with Crippen molar-refractivity contribution in [1.82, 2.24) is 0 Å². The van der Waals surface area contributed by atoms with E-state index in [1.165, 1.54) is 61.3 Å². The molecule has 166 valence electrons. The van der Waals surface area contributed by atoms with Crippen LogP contribution in [0.1, 0.15) is 55.4 Å². The lowest BCUT2D eigenvalue weighted by atomic mass is 10.1. The highest BCUT2D eigenvalue weighted by Crippen LogP contribution is 2.05. The minimum Gasteiger partial charge on any atom is -0.871 e. The van der Waals surface area contributed by atoms with Gasteiger partial charge in [-0.1, -0.05) is 0 Å². The lowest BCUT2D eigenvalue weighted by Crippen LogP contribution is -2.53. The quantitative estimate of drug-likeness (QED) is 0.388. The summed E-state index contributed by atoms with van der Waals surface area (Å²) in [5.74, 6) is 0. The van der Waals surface area contributed by atoms with E-state index in [9.17, 15) is 10.0 Å². The molecule has 0 unspecified atom stereocenters. The van der Waals surface area contributed by atoms with Crippen LogP contribution in [0.3, 0.4) is 0 Å². The van der Waals surface area contributed by atoms with E-state index in [-0.39, 0.29) is 0 Å². The molecule has 0 amide bonds. The highest BCUT2D eigenvalue weighted by molar-refractivity contribution is 6.28. The number of quaternary nitrogens is 2. The number of nitriles is 3. The van der Waals surface area contributed by atoms with Gasteiger partial charge in [-0.05, 0) is 55.4 Å². The Morgan fingerprint density at radius 3 is 0.862 bits per heavy atom. The Kier molecular flexibility index (Phi) is 19.0. The van der Waals surface area contributed by atoms with Crippen LogP contribution >= 0.6 is 0 Å². The van der Waals surface area contributed by atoms with Crippen LogP contribution in [-0.2, 0) is 4.65 Å². The van der Waals surface area contributed by atoms with E-state index in [1.54, 1.807) is 0 Å². The molecule has 9 heteroatoms. The van der Waals surface area contributed by atoms with Gasteiger partial charge in [0, 0.05) is 0 Å². The Morgan fingerprint density at radius 1 is 0.621 bits per heavy atom. The summed E-state index contributed by atoms with van der Waals surface area (Å²) >= 11 is 0. The van der Waals surface area contributed by atoms with Gasteiger partial charge in [0.2, 0.25) is 0 Å². The minimum absolute atomic E-state index is 1.10. The second kappa shape index (κ2) is 17.2. The monoisotopic (exact) mass is 409 g/mol. The molecule has 0 aliphatic rings. The normalized spacial score (nSPS) is 10.9. The molecular formula is C20H40BN5O3. The van der Waals surface area contributed by atoms with Crippen LogP contribution in [0.2, 0.25) is 0 Å². The van der Waals surface area contributed by atoms with E-state index in [2.05, 4.69) is 60.0 Å². The molecule has 0 radical (unpaired) electrons. The molecule has 0 saturated heterocycles. The Labute approximate surface area is 178 Å². The molecule has 8 nitrogen and oxygen atoms in total. The van der Waals surface area contributed by atoms with Crippen LogP contribution in [0.4, 0.5) is 0 Å². The SMILES string of the molecule is CC[N+](CC)(CC)CC.CC[N+](CC)(CC)CC.N#CC(C#N)(C#N)OB([O-])[O-]. The van der Waals surface area contributed by atoms with E-state index in [0.29, 0.717) is 0 Å². The average molecular weight is 409 g/mol. The first kappa shape index (κ1) is 32.0. The Hall–Kier alpha value is -1.67. The maximum Gasteiger partial charge on any atom is 0.313 e. The molecule has 0 heterocycles. The van der Waals surface area contributed by atoms with Crippen LogP contribution in [0.15, 0.2) is 0 Å². The van der Waals surface area contributed by atoms with Gasteiger partial charge in [-0.25, -0.2) is 0 Å². The summed E-state index contributed by atoms with van der Waals surface area (Å²) in [6, 6.07) is 3.31. The molecule has 0 aliphatic carbocycles. The van der Waals surface area contributed by atoms with Gasteiger partial charge in [0.1, 0.15) is 18.2 Å². The van der Waals surface area contributed by atoms with Gasteiger partial charge in [-0.2, -0.15) is 15.8 Å². The molecule has 0 aliphatic heterocycles. The van der Waals surface area contributed by atoms with Crippen molar-refractivity contribution in [3.8, 4) is 18.2 Å². The highest BCUT2D eigenvalue weighted by Gasteiger charge is 2.28. The second-order valence-electron chi connectivity index (χ2n) is 6.64. The summed E-state index contributed by atoms with van der Waals surface area (Å²) in [6.07, 6.45) is 0. The molecular weight excluding hydrogens is 369 g/mol. The van der Waals surface area contributed by atoms with E-state index in [0.717, 1.165) is 18.2 Å². The lowest BCUT2D eigenvalue weighted by Gasteiger charge is -2.34. The predicted molar refractivity (Wildman–Crippen MR) is 111 cm³/mol. The summed E-state index contributed by atoms with van der Waals surface area (Å²) in [6.45, 7) is 28.4. The predicted octanol–water partition coefficient (Wildman–Crippen LogP) is 0.784. The zero-order valence-electron chi connectivity index (χ0n) is 19.7. The lowest BCUT2D eigenvalue weighted by molar-refractivity contribution is -0.921. The Balaban J connectivity index is -0.000000352. The van der Waals surface area contributed by atoms with Gasteiger partial charge in [0.15, 0.2) is 0 Å². The molecule has 0 saturated carbocycles. The Bertz CT molecular complexity index is 439. The smallest absolute Gasteiger partial charge is 0.313 e. The third kappa shape index (κ3) is 11.8. The molecule has 0 aromatic heterocycles. The van der Waals surface area contributed by atoms with Gasteiger partial charge >= 0.3 is 5.60 Å². The zero-order chi connectivity index (χ0) is 23.6. The van der Waals surface area contributed by atoms with Crippen molar-refractivity contribution < 1.29 is 23.7 Å². The van der Waals surface area contributed by atoms with Crippen molar-refractivity contribution in [2.45, 2.75) is 61.0 Å². The maximum atomic E-state index is 9.79. The van der Waals surface area contributed by atoms with Crippen LogP contribution in [-0.4, -0.2) is 74.2 Å². The first-order valence-electron chi connectivity index (χ1n) is 10.5. The van der Waals surface area contributed by atoms with E-state index >= 15 is 0 Å².